The van der Waals surface area contributed by atoms with Gasteiger partial charge in [0.2, 0.25) is 10.0 Å². The molecule has 0 aliphatic heterocycles. The molecule has 140 valence electrons. The fourth-order valence-electron chi connectivity index (χ4n) is 1.91. The third-order valence-electron chi connectivity index (χ3n) is 3.27. The van der Waals surface area contributed by atoms with Gasteiger partial charge in [-0.05, 0) is 36.4 Å². The number of sulfonamides is 1. The smallest absolute Gasteiger partial charge is 0.262 e. The summed E-state index contributed by atoms with van der Waals surface area (Å²) in [6.45, 7) is -0.525. The molecule has 2 aromatic carbocycles. The molecule has 0 aliphatic carbocycles. The maximum absolute atomic E-state index is 13.7. The van der Waals surface area contributed by atoms with Crippen LogP contribution in [0.15, 0.2) is 45.8 Å². The van der Waals surface area contributed by atoms with Gasteiger partial charge in [0.1, 0.15) is 5.75 Å². The average Bonchev–Trinajstić information content (AvgIpc) is 2.55. The standard InChI is InChI=1S/C16H16BrFN2O5S/c1-20(2)26(23,24)11-4-5-14(21)13(8-11)19-16(22)9-25-15-6-3-10(17)7-12(15)18/h3-8,21H,9H2,1-2H3,(H,19,22). The number of ether oxygens (including phenoxy) is 1. The van der Waals surface area contributed by atoms with E-state index in [0.29, 0.717) is 4.47 Å². The van der Waals surface area contributed by atoms with E-state index in [2.05, 4.69) is 21.2 Å². The summed E-state index contributed by atoms with van der Waals surface area (Å²) < 4.78 is 44.5. The molecule has 26 heavy (non-hydrogen) atoms. The van der Waals surface area contributed by atoms with Crippen LogP contribution in [0.1, 0.15) is 0 Å². The van der Waals surface area contributed by atoms with Gasteiger partial charge in [0.15, 0.2) is 18.2 Å². The molecule has 0 radical (unpaired) electrons. The lowest BCUT2D eigenvalue weighted by molar-refractivity contribution is -0.118. The van der Waals surface area contributed by atoms with E-state index in [9.17, 15) is 22.7 Å². The number of aromatic hydroxyl groups is 1. The Labute approximate surface area is 158 Å². The number of nitrogens with one attached hydrogen (secondary N) is 1. The van der Waals surface area contributed by atoms with Gasteiger partial charge in [-0.1, -0.05) is 15.9 Å². The summed E-state index contributed by atoms with van der Waals surface area (Å²) in [7, 11) is -1.01. The maximum atomic E-state index is 13.7. The topological polar surface area (TPSA) is 95.9 Å². The van der Waals surface area contributed by atoms with E-state index in [1.54, 1.807) is 6.07 Å². The third-order valence-corrected chi connectivity index (χ3v) is 5.58. The monoisotopic (exact) mass is 446 g/mol. The Morgan fingerprint density at radius 1 is 1.27 bits per heavy atom. The Bertz CT molecular complexity index is 934. The van der Waals surface area contributed by atoms with Gasteiger partial charge in [-0.25, -0.2) is 17.1 Å². The molecule has 0 saturated carbocycles. The van der Waals surface area contributed by atoms with E-state index in [0.717, 1.165) is 16.4 Å². The second-order valence-corrected chi connectivity index (χ2v) is 8.45. The minimum absolute atomic E-state index is 0.0993. The maximum Gasteiger partial charge on any atom is 0.262 e. The van der Waals surface area contributed by atoms with Crippen LogP contribution in [0.25, 0.3) is 0 Å². The molecular formula is C16H16BrFN2O5S. The summed E-state index contributed by atoms with van der Waals surface area (Å²) in [6, 6.07) is 7.60. The number of anilines is 1. The molecule has 0 aromatic heterocycles. The molecule has 2 aromatic rings. The molecule has 0 saturated heterocycles. The number of halogens is 2. The zero-order chi connectivity index (χ0) is 19.5. The molecule has 10 heteroatoms. The van der Waals surface area contributed by atoms with Crippen LogP contribution in [-0.4, -0.2) is 44.4 Å². The van der Waals surface area contributed by atoms with E-state index in [-0.39, 0.29) is 22.1 Å². The highest BCUT2D eigenvalue weighted by atomic mass is 79.9. The number of hydrogen-bond donors (Lipinski definition) is 2. The number of hydrogen-bond acceptors (Lipinski definition) is 5. The van der Waals surface area contributed by atoms with Gasteiger partial charge >= 0.3 is 0 Å². The highest BCUT2D eigenvalue weighted by Crippen LogP contribution is 2.27. The number of carbonyl (C=O) groups is 1. The van der Waals surface area contributed by atoms with Gasteiger partial charge in [-0.3, -0.25) is 4.79 Å². The quantitative estimate of drug-likeness (QED) is 0.664. The van der Waals surface area contributed by atoms with Crippen molar-refractivity contribution in [3.05, 3.63) is 46.7 Å². The van der Waals surface area contributed by atoms with Crippen LogP contribution in [0, 0.1) is 5.82 Å². The van der Waals surface area contributed by atoms with Crippen LogP contribution in [0.5, 0.6) is 11.5 Å². The molecule has 2 N–H and O–H groups in total. The van der Waals surface area contributed by atoms with Crippen LogP contribution >= 0.6 is 15.9 Å². The predicted octanol–water partition coefficient (Wildman–Crippen LogP) is 2.56. The SMILES string of the molecule is CN(C)S(=O)(=O)c1ccc(O)c(NC(=O)COc2ccc(Br)cc2F)c1. The van der Waals surface area contributed by atoms with Crippen molar-refractivity contribution in [3.8, 4) is 11.5 Å². The van der Waals surface area contributed by atoms with Crippen LogP contribution in [-0.2, 0) is 14.8 Å². The lowest BCUT2D eigenvalue weighted by atomic mass is 10.3. The van der Waals surface area contributed by atoms with Crippen LogP contribution in [0.2, 0.25) is 0 Å². The van der Waals surface area contributed by atoms with Crippen LogP contribution in [0.3, 0.4) is 0 Å². The first-order valence-corrected chi connectivity index (χ1v) is 9.48. The molecule has 0 unspecified atom stereocenters. The first-order valence-electron chi connectivity index (χ1n) is 7.24. The molecular weight excluding hydrogens is 431 g/mol. The summed E-state index contributed by atoms with van der Waals surface area (Å²) in [5, 5.41) is 12.2. The minimum Gasteiger partial charge on any atom is -0.506 e. The second-order valence-electron chi connectivity index (χ2n) is 5.38. The highest BCUT2D eigenvalue weighted by Gasteiger charge is 2.19. The first kappa shape index (κ1) is 20.1. The van der Waals surface area contributed by atoms with Crippen molar-refractivity contribution in [3.63, 3.8) is 0 Å². The van der Waals surface area contributed by atoms with Gasteiger partial charge in [0.25, 0.3) is 5.91 Å². The van der Waals surface area contributed by atoms with Crippen molar-refractivity contribution in [2.45, 2.75) is 4.90 Å². The van der Waals surface area contributed by atoms with Crippen LogP contribution < -0.4 is 10.1 Å². The second kappa shape index (κ2) is 8.02. The zero-order valence-electron chi connectivity index (χ0n) is 13.9. The number of amides is 1. The lowest BCUT2D eigenvalue weighted by Gasteiger charge is -2.14. The number of rotatable bonds is 6. The molecule has 1 amide bonds. The van der Waals surface area contributed by atoms with Crippen LogP contribution in [0.4, 0.5) is 10.1 Å². The molecule has 0 atom stereocenters. The summed E-state index contributed by atoms with van der Waals surface area (Å²) >= 11 is 3.11. The summed E-state index contributed by atoms with van der Waals surface area (Å²) in [5.41, 5.74) is -0.0993. The first-order chi connectivity index (χ1) is 12.1. The Hall–Kier alpha value is -2.17. The fourth-order valence-corrected chi connectivity index (χ4v) is 3.17. The molecule has 0 aliphatic rings. The van der Waals surface area contributed by atoms with Crippen molar-refractivity contribution < 1.29 is 27.4 Å². The fraction of sp³-hybridized carbons (Fsp3) is 0.188. The van der Waals surface area contributed by atoms with Gasteiger partial charge < -0.3 is 15.2 Å². The Morgan fingerprint density at radius 2 is 1.96 bits per heavy atom. The lowest BCUT2D eigenvalue weighted by Crippen LogP contribution is -2.23. The highest BCUT2D eigenvalue weighted by molar-refractivity contribution is 9.10. The van der Waals surface area contributed by atoms with Gasteiger partial charge in [-0.2, -0.15) is 0 Å². The van der Waals surface area contributed by atoms with E-state index < -0.39 is 28.4 Å². The summed E-state index contributed by atoms with van der Waals surface area (Å²) in [5.74, 6) is -1.77. The Balaban J connectivity index is 2.11. The summed E-state index contributed by atoms with van der Waals surface area (Å²) in [6.07, 6.45) is 0. The van der Waals surface area contributed by atoms with Crippen molar-refractivity contribution in [2.75, 3.05) is 26.0 Å². The number of nitrogens with zero attached hydrogens (tertiary/aromatic N) is 1. The zero-order valence-corrected chi connectivity index (χ0v) is 16.3. The van der Waals surface area contributed by atoms with E-state index in [1.165, 1.54) is 32.3 Å². The van der Waals surface area contributed by atoms with E-state index >= 15 is 0 Å². The van der Waals surface area contributed by atoms with Crippen molar-refractivity contribution >= 4 is 37.5 Å². The van der Waals surface area contributed by atoms with E-state index in [4.69, 9.17) is 4.74 Å². The molecule has 0 bridgehead atoms. The number of benzene rings is 2. The van der Waals surface area contributed by atoms with Gasteiger partial charge in [0, 0.05) is 18.6 Å². The van der Waals surface area contributed by atoms with Crippen molar-refractivity contribution in [1.29, 1.82) is 0 Å². The molecule has 0 fully saturated rings. The molecule has 2 rings (SSSR count). The minimum atomic E-state index is -3.73. The molecule has 0 spiro atoms. The third kappa shape index (κ3) is 4.71. The average molecular weight is 447 g/mol. The van der Waals surface area contributed by atoms with Gasteiger partial charge in [0.05, 0.1) is 10.6 Å². The predicted molar refractivity (Wildman–Crippen MR) is 97.2 cm³/mol. The molecule has 0 heterocycles. The summed E-state index contributed by atoms with van der Waals surface area (Å²) in [4.78, 5) is 11.9. The largest absolute Gasteiger partial charge is 0.506 e. The van der Waals surface area contributed by atoms with Gasteiger partial charge in [-0.15, -0.1) is 0 Å². The normalized spacial score (nSPS) is 11.4. The van der Waals surface area contributed by atoms with Crippen molar-refractivity contribution in [2.24, 2.45) is 0 Å². The van der Waals surface area contributed by atoms with Crippen molar-refractivity contribution in [1.82, 2.24) is 4.31 Å². The number of phenols is 1. The molecule has 7 nitrogen and oxygen atoms in total. The Morgan fingerprint density at radius 3 is 2.58 bits per heavy atom. The number of carbonyl (C=O) groups excluding carboxylic acids is 1. The van der Waals surface area contributed by atoms with E-state index in [1.807, 2.05) is 0 Å². The Kier molecular flexibility index (Phi) is 6.21. The number of phenolic OH excluding ortho intramolecular Hbond substituents is 1.